The number of hydrogen-bond donors (Lipinski definition) is 2. The zero-order valence-corrected chi connectivity index (χ0v) is 8.79. The number of rotatable bonds is 3. The average molecular weight is 220 g/mol. The van der Waals surface area contributed by atoms with Gasteiger partial charge in [0.15, 0.2) is 0 Å². The molecule has 0 bridgehead atoms. The van der Waals surface area contributed by atoms with Crippen LogP contribution in [0.25, 0.3) is 11.0 Å². The molecule has 1 unspecified atom stereocenters. The topological polar surface area (TPSA) is 75.4 Å². The van der Waals surface area contributed by atoms with E-state index in [0.717, 1.165) is 11.0 Å². The third kappa shape index (κ3) is 1.77. The standard InChI is InChI=1S/C11H12N2O3/c1-13-6-8(9(14)5-10(15)16)7-3-2-4-12-11(7)13/h2-4,6,9,14H,5H2,1H3,(H,15,16). The van der Waals surface area contributed by atoms with Crippen molar-refractivity contribution >= 4 is 17.0 Å². The molecular formula is C11H12N2O3. The number of carbonyl (C=O) groups is 1. The van der Waals surface area contributed by atoms with E-state index in [2.05, 4.69) is 4.98 Å². The molecule has 2 rings (SSSR count). The summed E-state index contributed by atoms with van der Waals surface area (Å²) in [4.78, 5) is 14.7. The van der Waals surface area contributed by atoms with E-state index >= 15 is 0 Å². The van der Waals surface area contributed by atoms with Gasteiger partial charge in [0.05, 0.1) is 12.5 Å². The lowest BCUT2D eigenvalue weighted by atomic mass is 10.1. The average Bonchev–Trinajstić information content (AvgIpc) is 2.56. The minimum absolute atomic E-state index is 0.298. The molecule has 1 atom stereocenters. The van der Waals surface area contributed by atoms with Crippen LogP contribution < -0.4 is 0 Å². The van der Waals surface area contributed by atoms with Gasteiger partial charge in [-0.05, 0) is 12.1 Å². The highest BCUT2D eigenvalue weighted by molar-refractivity contribution is 5.81. The van der Waals surface area contributed by atoms with Crippen LogP contribution in [0.5, 0.6) is 0 Å². The van der Waals surface area contributed by atoms with E-state index in [0.29, 0.717) is 5.56 Å². The van der Waals surface area contributed by atoms with Crippen LogP contribution in [0.3, 0.4) is 0 Å². The van der Waals surface area contributed by atoms with Crippen LogP contribution in [0, 0.1) is 0 Å². The highest BCUT2D eigenvalue weighted by Gasteiger charge is 2.17. The molecule has 0 fully saturated rings. The first-order chi connectivity index (χ1) is 7.59. The molecule has 5 nitrogen and oxygen atoms in total. The molecule has 16 heavy (non-hydrogen) atoms. The number of nitrogens with zero attached hydrogens (tertiary/aromatic N) is 2. The quantitative estimate of drug-likeness (QED) is 0.811. The van der Waals surface area contributed by atoms with Crippen molar-refractivity contribution in [1.29, 1.82) is 0 Å². The summed E-state index contributed by atoms with van der Waals surface area (Å²) in [6.07, 6.45) is 2.08. The molecule has 0 radical (unpaired) electrons. The number of aromatic nitrogens is 2. The van der Waals surface area contributed by atoms with Crippen molar-refractivity contribution in [2.45, 2.75) is 12.5 Å². The van der Waals surface area contributed by atoms with Crippen molar-refractivity contribution < 1.29 is 15.0 Å². The second-order valence-corrected chi connectivity index (χ2v) is 3.68. The summed E-state index contributed by atoms with van der Waals surface area (Å²) in [6.45, 7) is 0. The predicted octanol–water partition coefficient (Wildman–Crippen LogP) is 1.08. The Morgan fingerprint density at radius 2 is 2.38 bits per heavy atom. The van der Waals surface area contributed by atoms with E-state index in [9.17, 15) is 9.90 Å². The number of carboxylic acids is 1. The molecule has 0 aliphatic heterocycles. The molecule has 84 valence electrons. The Morgan fingerprint density at radius 1 is 1.62 bits per heavy atom. The SMILES string of the molecule is Cn1cc(C(O)CC(=O)O)c2cccnc21. The second-order valence-electron chi connectivity index (χ2n) is 3.68. The first kappa shape index (κ1) is 10.6. The van der Waals surface area contributed by atoms with Crippen LogP contribution in [-0.4, -0.2) is 25.7 Å². The maximum absolute atomic E-state index is 10.5. The molecular weight excluding hydrogens is 208 g/mol. The number of pyridine rings is 1. The van der Waals surface area contributed by atoms with Crippen molar-refractivity contribution in [3.8, 4) is 0 Å². The van der Waals surface area contributed by atoms with Crippen molar-refractivity contribution in [3.63, 3.8) is 0 Å². The molecule has 0 amide bonds. The Hall–Kier alpha value is -1.88. The minimum Gasteiger partial charge on any atom is -0.481 e. The van der Waals surface area contributed by atoms with Gasteiger partial charge in [-0.1, -0.05) is 0 Å². The number of hydrogen-bond acceptors (Lipinski definition) is 3. The summed E-state index contributed by atoms with van der Waals surface area (Å²) in [7, 11) is 1.81. The number of aryl methyl sites for hydroxylation is 1. The van der Waals surface area contributed by atoms with Crippen molar-refractivity contribution in [3.05, 3.63) is 30.1 Å². The fourth-order valence-corrected chi connectivity index (χ4v) is 1.78. The number of fused-ring (bicyclic) bond motifs is 1. The van der Waals surface area contributed by atoms with E-state index in [1.54, 1.807) is 23.0 Å². The van der Waals surface area contributed by atoms with Crippen LogP contribution in [0.4, 0.5) is 0 Å². The first-order valence-corrected chi connectivity index (χ1v) is 4.89. The molecule has 2 aromatic heterocycles. The summed E-state index contributed by atoms with van der Waals surface area (Å²) in [6, 6.07) is 3.59. The third-order valence-corrected chi connectivity index (χ3v) is 2.49. The Kier molecular flexibility index (Phi) is 2.62. The van der Waals surface area contributed by atoms with Crippen molar-refractivity contribution in [2.75, 3.05) is 0 Å². The fraction of sp³-hybridized carbons (Fsp3) is 0.273. The molecule has 0 aliphatic rings. The molecule has 0 aliphatic carbocycles. The lowest BCUT2D eigenvalue weighted by molar-refractivity contribution is -0.139. The van der Waals surface area contributed by atoms with Crippen LogP contribution in [0.1, 0.15) is 18.1 Å². The van der Waals surface area contributed by atoms with Gasteiger partial charge in [-0.15, -0.1) is 0 Å². The van der Waals surface area contributed by atoms with Gasteiger partial charge in [-0.3, -0.25) is 4.79 Å². The van der Waals surface area contributed by atoms with E-state index in [-0.39, 0.29) is 6.42 Å². The lowest BCUT2D eigenvalue weighted by Gasteiger charge is -2.05. The van der Waals surface area contributed by atoms with Crippen molar-refractivity contribution in [1.82, 2.24) is 9.55 Å². The van der Waals surface area contributed by atoms with E-state index < -0.39 is 12.1 Å². The van der Waals surface area contributed by atoms with Gasteiger partial charge in [-0.25, -0.2) is 4.98 Å². The molecule has 0 saturated carbocycles. The minimum atomic E-state index is -1.02. The maximum atomic E-state index is 10.5. The largest absolute Gasteiger partial charge is 0.481 e. The number of carboxylic acid groups (broad SMARTS) is 1. The van der Waals surface area contributed by atoms with Crippen LogP contribution in [-0.2, 0) is 11.8 Å². The molecule has 2 heterocycles. The Bertz CT molecular complexity index is 533. The molecule has 2 N–H and O–H groups in total. The zero-order valence-electron chi connectivity index (χ0n) is 8.79. The molecule has 0 saturated heterocycles. The van der Waals surface area contributed by atoms with Crippen LogP contribution in [0.2, 0.25) is 0 Å². The number of aliphatic carboxylic acids is 1. The first-order valence-electron chi connectivity index (χ1n) is 4.89. The molecule has 0 aromatic carbocycles. The van der Waals surface area contributed by atoms with Gasteiger partial charge in [0.1, 0.15) is 5.65 Å². The van der Waals surface area contributed by atoms with E-state index in [1.807, 2.05) is 13.1 Å². The Labute approximate surface area is 92.0 Å². The van der Waals surface area contributed by atoms with E-state index in [1.165, 1.54) is 0 Å². The van der Waals surface area contributed by atoms with Gasteiger partial charge in [0.2, 0.25) is 0 Å². The summed E-state index contributed by atoms with van der Waals surface area (Å²) in [5.41, 5.74) is 1.34. The Morgan fingerprint density at radius 3 is 3.06 bits per heavy atom. The molecule has 2 aromatic rings. The molecule has 0 spiro atoms. The highest BCUT2D eigenvalue weighted by atomic mass is 16.4. The lowest BCUT2D eigenvalue weighted by Crippen LogP contribution is -2.04. The number of aliphatic hydroxyl groups excluding tert-OH is 1. The predicted molar refractivity (Wildman–Crippen MR) is 57.9 cm³/mol. The van der Waals surface area contributed by atoms with Gasteiger partial charge in [0, 0.05) is 30.4 Å². The summed E-state index contributed by atoms with van der Waals surface area (Å²) in [5, 5.41) is 19.2. The van der Waals surface area contributed by atoms with Gasteiger partial charge < -0.3 is 14.8 Å². The molecule has 5 heteroatoms. The second kappa shape index (κ2) is 3.94. The van der Waals surface area contributed by atoms with Gasteiger partial charge in [0.25, 0.3) is 0 Å². The van der Waals surface area contributed by atoms with Crippen LogP contribution >= 0.6 is 0 Å². The Balaban J connectivity index is 2.48. The van der Waals surface area contributed by atoms with E-state index in [4.69, 9.17) is 5.11 Å². The monoisotopic (exact) mass is 220 g/mol. The van der Waals surface area contributed by atoms with Gasteiger partial charge in [-0.2, -0.15) is 0 Å². The van der Waals surface area contributed by atoms with Gasteiger partial charge >= 0.3 is 5.97 Å². The fourth-order valence-electron chi connectivity index (χ4n) is 1.78. The number of aliphatic hydroxyl groups is 1. The third-order valence-electron chi connectivity index (χ3n) is 2.49. The summed E-state index contributed by atoms with van der Waals surface area (Å²) in [5.74, 6) is -1.02. The van der Waals surface area contributed by atoms with Crippen LogP contribution in [0.15, 0.2) is 24.5 Å². The zero-order chi connectivity index (χ0) is 11.7. The smallest absolute Gasteiger partial charge is 0.306 e. The summed E-state index contributed by atoms with van der Waals surface area (Å²) < 4.78 is 1.77. The summed E-state index contributed by atoms with van der Waals surface area (Å²) >= 11 is 0. The highest BCUT2D eigenvalue weighted by Crippen LogP contribution is 2.26. The normalized spacial score (nSPS) is 12.9. The maximum Gasteiger partial charge on any atom is 0.306 e. The van der Waals surface area contributed by atoms with Crippen molar-refractivity contribution in [2.24, 2.45) is 7.05 Å².